The Balaban J connectivity index is 1.17. The molecule has 0 fully saturated rings. The number of nitrogens with zero attached hydrogens (tertiary/aromatic N) is 3. The quantitative estimate of drug-likeness (QED) is 0.171. The molecule has 0 aliphatic rings. The fraction of sp³-hybridized carbons (Fsp3) is 0. The largest absolute Gasteiger partial charge is 0.456 e. The van der Waals surface area contributed by atoms with E-state index >= 15 is 0 Å². The van der Waals surface area contributed by atoms with Crippen molar-refractivity contribution in [2.75, 3.05) is 0 Å². The van der Waals surface area contributed by atoms with Gasteiger partial charge in [-0.15, -0.1) is 0 Å². The number of rotatable bonds is 6. The number of fused-ring (bicyclic) bond motifs is 5. The molecule has 4 nitrogen and oxygen atoms in total. The Kier molecular flexibility index (Phi) is 7.78. The van der Waals surface area contributed by atoms with Crippen LogP contribution in [0.5, 0.6) is 0 Å². The first-order valence-corrected chi connectivity index (χ1v) is 19.2. The Morgan fingerprint density at radius 3 is 1.42 bits per heavy atom. The van der Waals surface area contributed by atoms with Gasteiger partial charge < -0.3 is 4.42 Å². The van der Waals surface area contributed by atoms with E-state index in [-0.39, 0.29) is 0 Å². The zero-order valence-corrected chi connectivity index (χ0v) is 30.8. The van der Waals surface area contributed by atoms with Crippen molar-refractivity contribution >= 4 is 43.5 Å². The van der Waals surface area contributed by atoms with E-state index in [2.05, 4.69) is 140 Å². The molecule has 0 radical (unpaired) electrons. The Morgan fingerprint density at radius 2 is 0.772 bits per heavy atom. The molecule has 0 unspecified atom stereocenters. The first-order valence-electron chi connectivity index (χ1n) is 19.2. The summed E-state index contributed by atoms with van der Waals surface area (Å²) in [6.45, 7) is 0. The lowest BCUT2D eigenvalue weighted by molar-refractivity contribution is 0.669. The summed E-state index contributed by atoms with van der Waals surface area (Å²) in [5.74, 6) is 1.90. The number of aromatic nitrogens is 3. The van der Waals surface area contributed by atoms with Gasteiger partial charge in [-0.05, 0) is 73.6 Å². The van der Waals surface area contributed by atoms with Crippen LogP contribution in [0.2, 0.25) is 0 Å². The molecule has 0 bridgehead atoms. The van der Waals surface area contributed by atoms with Gasteiger partial charge in [0.15, 0.2) is 17.5 Å². The molecule has 2 heterocycles. The fourth-order valence-corrected chi connectivity index (χ4v) is 8.19. The fourth-order valence-electron chi connectivity index (χ4n) is 8.19. The lowest BCUT2D eigenvalue weighted by Crippen LogP contribution is -2.00. The third-order valence-corrected chi connectivity index (χ3v) is 10.9. The van der Waals surface area contributed by atoms with Crippen molar-refractivity contribution in [3.8, 4) is 67.5 Å². The number of furan rings is 1. The highest BCUT2D eigenvalue weighted by molar-refractivity contribution is 6.21. The van der Waals surface area contributed by atoms with Gasteiger partial charge in [-0.2, -0.15) is 0 Å². The summed E-state index contributed by atoms with van der Waals surface area (Å²) < 4.78 is 6.68. The second-order valence-electron chi connectivity index (χ2n) is 14.3. The van der Waals surface area contributed by atoms with E-state index in [0.29, 0.717) is 17.5 Å². The minimum Gasteiger partial charge on any atom is -0.456 e. The molecule has 2 aromatic heterocycles. The monoisotopic (exact) mass is 727 g/mol. The lowest BCUT2D eigenvalue weighted by Gasteiger charge is -2.17. The number of hydrogen-bond donors (Lipinski definition) is 0. The predicted molar refractivity (Wildman–Crippen MR) is 235 cm³/mol. The molecule has 4 heteroatoms. The van der Waals surface area contributed by atoms with Gasteiger partial charge in [0.1, 0.15) is 11.2 Å². The average Bonchev–Trinajstić information content (AvgIpc) is 3.65. The van der Waals surface area contributed by atoms with E-state index in [9.17, 15) is 0 Å². The summed E-state index contributed by atoms with van der Waals surface area (Å²) in [6.07, 6.45) is 0. The molecule has 11 rings (SSSR count). The van der Waals surface area contributed by atoms with Crippen LogP contribution in [0.25, 0.3) is 111 Å². The van der Waals surface area contributed by atoms with Crippen molar-refractivity contribution in [1.29, 1.82) is 0 Å². The summed E-state index contributed by atoms with van der Waals surface area (Å²) >= 11 is 0. The molecular weight excluding hydrogens is 695 g/mol. The zero-order chi connectivity index (χ0) is 37.7. The second-order valence-corrected chi connectivity index (χ2v) is 14.3. The normalized spacial score (nSPS) is 11.5. The van der Waals surface area contributed by atoms with Crippen LogP contribution in [0.15, 0.2) is 205 Å². The summed E-state index contributed by atoms with van der Waals surface area (Å²) in [4.78, 5) is 15.2. The molecule has 0 aliphatic carbocycles. The summed E-state index contributed by atoms with van der Waals surface area (Å²) in [5.41, 5.74) is 11.4. The third-order valence-electron chi connectivity index (χ3n) is 10.9. The molecule has 0 saturated carbocycles. The molecular formula is C53H33N3O. The molecule has 0 aliphatic heterocycles. The van der Waals surface area contributed by atoms with Crippen LogP contribution in [0.4, 0.5) is 0 Å². The van der Waals surface area contributed by atoms with Crippen molar-refractivity contribution in [2.45, 2.75) is 0 Å². The Hall–Kier alpha value is -7.69. The van der Waals surface area contributed by atoms with Gasteiger partial charge in [0.2, 0.25) is 0 Å². The molecule has 9 aromatic carbocycles. The smallest absolute Gasteiger partial charge is 0.164 e. The van der Waals surface area contributed by atoms with E-state index < -0.39 is 0 Å². The van der Waals surface area contributed by atoms with Crippen LogP contribution in [0.1, 0.15) is 0 Å². The predicted octanol–water partition coefficient (Wildman–Crippen LogP) is 14.1. The SMILES string of the molecule is c1ccc(-c2ccc(-c3ccc4oc5cc6ccccc6cc5c4c3-c3ccc(-c4nc(-c5ccccc5)nc(-c5ccccc5)n4)c4ccccc34)cc2)cc1. The van der Waals surface area contributed by atoms with Crippen molar-refractivity contribution in [1.82, 2.24) is 15.0 Å². The van der Waals surface area contributed by atoms with E-state index in [1.807, 2.05) is 60.7 Å². The number of benzene rings is 9. The lowest BCUT2D eigenvalue weighted by atomic mass is 9.86. The highest BCUT2D eigenvalue weighted by Crippen LogP contribution is 2.47. The second kappa shape index (κ2) is 13.6. The molecule has 0 N–H and O–H groups in total. The van der Waals surface area contributed by atoms with Crippen molar-refractivity contribution in [3.05, 3.63) is 200 Å². The van der Waals surface area contributed by atoms with E-state index in [4.69, 9.17) is 19.4 Å². The first-order chi connectivity index (χ1) is 28.2. The van der Waals surface area contributed by atoms with Crippen molar-refractivity contribution in [2.24, 2.45) is 0 Å². The maximum Gasteiger partial charge on any atom is 0.164 e. The summed E-state index contributed by atoms with van der Waals surface area (Å²) in [7, 11) is 0. The highest BCUT2D eigenvalue weighted by Gasteiger charge is 2.22. The van der Waals surface area contributed by atoms with Gasteiger partial charge in [-0.1, -0.05) is 176 Å². The topological polar surface area (TPSA) is 51.8 Å². The molecule has 0 spiro atoms. The van der Waals surface area contributed by atoms with Gasteiger partial charge in [0, 0.05) is 33.0 Å². The van der Waals surface area contributed by atoms with Gasteiger partial charge in [0.05, 0.1) is 0 Å². The maximum atomic E-state index is 6.68. The Bertz CT molecular complexity index is 3210. The van der Waals surface area contributed by atoms with Crippen LogP contribution in [-0.4, -0.2) is 15.0 Å². The van der Waals surface area contributed by atoms with E-state index in [1.165, 1.54) is 16.5 Å². The molecule has 11 aromatic rings. The number of hydrogen-bond acceptors (Lipinski definition) is 4. The minimum atomic E-state index is 0.626. The highest BCUT2D eigenvalue weighted by atomic mass is 16.3. The molecule has 0 saturated heterocycles. The molecule has 266 valence electrons. The minimum absolute atomic E-state index is 0.626. The Morgan fingerprint density at radius 1 is 0.298 bits per heavy atom. The van der Waals surface area contributed by atoms with Crippen LogP contribution >= 0.6 is 0 Å². The summed E-state index contributed by atoms with van der Waals surface area (Å²) in [6, 6.07) is 70.0. The van der Waals surface area contributed by atoms with E-state index in [0.717, 1.165) is 77.0 Å². The van der Waals surface area contributed by atoms with Gasteiger partial charge in [-0.3, -0.25) is 0 Å². The maximum absolute atomic E-state index is 6.68. The van der Waals surface area contributed by atoms with Gasteiger partial charge in [0.25, 0.3) is 0 Å². The third kappa shape index (κ3) is 5.74. The van der Waals surface area contributed by atoms with Gasteiger partial charge >= 0.3 is 0 Å². The van der Waals surface area contributed by atoms with Crippen LogP contribution in [0, 0.1) is 0 Å². The first kappa shape index (κ1) is 32.7. The standard InChI is InChI=1S/C53H33N3O/c1-4-14-34(15-5-1)35-24-26-36(27-25-35)41-30-31-47-50(46-32-39-20-10-11-21-40(39)33-48(46)57-47)49(41)44-28-29-45(43-23-13-12-22-42(43)44)53-55-51(37-16-6-2-7-17-37)54-52(56-53)38-18-8-3-9-19-38/h1-33H. The van der Waals surface area contributed by atoms with Crippen molar-refractivity contribution in [3.63, 3.8) is 0 Å². The van der Waals surface area contributed by atoms with Crippen LogP contribution in [0.3, 0.4) is 0 Å². The van der Waals surface area contributed by atoms with Gasteiger partial charge in [-0.25, -0.2) is 15.0 Å². The zero-order valence-electron chi connectivity index (χ0n) is 30.8. The van der Waals surface area contributed by atoms with E-state index in [1.54, 1.807) is 0 Å². The molecule has 0 atom stereocenters. The average molecular weight is 728 g/mol. The molecule has 0 amide bonds. The van der Waals surface area contributed by atoms with Crippen molar-refractivity contribution < 1.29 is 4.42 Å². The Labute approximate surface area is 329 Å². The molecule has 57 heavy (non-hydrogen) atoms. The van der Waals surface area contributed by atoms with Crippen LogP contribution in [-0.2, 0) is 0 Å². The summed E-state index contributed by atoms with van der Waals surface area (Å²) in [5, 5.41) is 6.67. The van der Waals surface area contributed by atoms with Crippen LogP contribution < -0.4 is 0 Å².